The number of guanidine groups is 1. The van der Waals surface area contributed by atoms with Crippen LogP contribution < -0.4 is 10.6 Å². The fourth-order valence-corrected chi connectivity index (χ4v) is 4.88. The molecule has 3 aliphatic rings. The van der Waals surface area contributed by atoms with Gasteiger partial charge in [-0.05, 0) is 37.2 Å². The minimum Gasteiger partial charge on any atom is -0.377 e. The number of fused-ring (bicyclic) bond motifs is 1. The largest absolute Gasteiger partial charge is 0.377 e. The van der Waals surface area contributed by atoms with Crippen LogP contribution in [0.15, 0.2) is 35.3 Å². The van der Waals surface area contributed by atoms with E-state index in [1.54, 1.807) is 0 Å². The Bertz CT molecular complexity index is 633. The molecular formula is C21H32IN3O. The highest BCUT2D eigenvalue weighted by molar-refractivity contribution is 14.0. The summed E-state index contributed by atoms with van der Waals surface area (Å²) in [6.45, 7) is 5.56. The lowest BCUT2D eigenvalue weighted by molar-refractivity contribution is -0.188. The summed E-state index contributed by atoms with van der Waals surface area (Å²) in [6, 6.07) is 11.8. The van der Waals surface area contributed by atoms with Gasteiger partial charge in [0, 0.05) is 37.1 Å². The number of rotatable bonds is 4. The van der Waals surface area contributed by atoms with Crippen LogP contribution in [0.2, 0.25) is 0 Å². The Morgan fingerprint density at radius 3 is 2.73 bits per heavy atom. The minimum atomic E-state index is 0. The van der Waals surface area contributed by atoms with Crippen molar-refractivity contribution in [2.24, 2.45) is 22.2 Å². The highest BCUT2D eigenvalue weighted by Crippen LogP contribution is 2.51. The molecule has 144 valence electrons. The Labute approximate surface area is 174 Å². The first kappa shape index (κ1) is 19.9. The molecule has 0 radical (unpaired) electrons. The lowest BCUT2D eigenvalue weighted by atomic mass is 9.55. The summed E-state index contributed by atoms with van der Waals surface area (Å²) in [7, 11) is 1.88. The van der Waals surface area contributed by atoms with Crippen molar-refractivity contribution >= 4 is 29.9 Å². The smallest absolute Gasteiger partial charge is 0.191 e. The summed E-state index contributed by atoms with van der Waals surface area (Å²) in [6.07, 6.45) is 5.25. The van der Waals surface area contributed by atoms with Crippen LogP contribution in [0.1, 0.15) is 38.7 Å². The lowest BCUT2D eigenvalue weighted by Gasteiger charge is -2.60. The molecule has 4 nitrogen and oxygen atoms in total. The van der Waals surface area contributed by atoms with Crippen molar-refractivity contribution in [3.8, 4) is 0 Å². The summed E-state index contributed by atoms with van der Waals surface area (Å²) in [4.78, 5) is 4.49. The van der Waals surface area contributed by atoms with E-state index in [1.807, 2.05) is 7.05 Å². The van der Waals surface area contributed by atoms with Gasteiger partial charge in [-0.2, -0.15) is 0 Å². The second-order valence-corrected chi connectivity index (χ2v) is 8.55. The third-order valence-corrected chi connectivity index (χ3v) is 6.43. The Morgan fingerprint density at radius 1 is 1.23 bits per heavy atom. The molecule has 0 spiro atoms. The highest BCUT2D eigenvalue weighted by atomic mass is 127. The van der Waals surface area contributed by atoms with Gasteiger partial charge in [0.1, 0.15) is 0 Å². The first-order valence-electron chi connectivity index (χ1n) is 9.75. The molecule has 1 heterocycles. The van der Waals surface area contributed by atoms with Crippen molar-refractivity contribution in [3.05, 3.63) is 35.9 Å². The van der Waals surface area contributed by atoms with Gasteiger partial charge in [-0.15, -0.1) is 24.0 Å². The van der Waals surface area contributed by atoms with E-state index in [1.165, 1.54) is 24.8 Å². The summed E-state index contributed by atoms with van der Waals surface area (Å²) >= 11 is 0. The van der Waals surface area contributed by atoms with Gasteiger partial charge >= 0.3 is 0 Å². The summed E-state index contributed by atoms with van der Waals surface area (Å²) < 4.78 is 6.01. The lowest BCUT2D eigenvalue weighted by Crippen LogP contribution is -2.71. The number of hydrogen-bond donors (Lipinski definition) is 2. The molecule has 0 amide bonds. The molecular weight excluding hydrogens is 437 g/mol. The maximum Gasteiger partial charge on any atom is 0.191 e. The van der Waals surface area contributed by atoms with E-state index < -0.39 is 0 Å². The molecule has 2 N–H and O–H groups in total. The number of nitrogens with one attached hydrogen (secondary N) is 2. The van der Waals surface area contributed by atoms with E-state index in [-0.39, 0.29) is 29.4 Å². The highest BCUT2D eigenvalue weighted by Gasteiger charge is 2.58. The average molecular weight is 469 g/mol. The first-order valence-corrected chi connectivity index (χ1v) is 9.75. The number of hydrogen-bond acceptors (Lipinski definition) is 2. The summed E-state index contributed by atoms with van der Waals surface area (Å²) in [5.74, 6) is 2.31. The zero-order valence-electron chi connectivity index (χ0n) is 16.1. The van der Waals surface area contributed by atoms with Crippen LogP contribution in [-0.4, -0.2) is 37.8 Å². The Kier molecular flexibility index (Phi) is 6.17. The van der Waals surface area contributed by atoms with Gasteiger partial charge in [0.15, 0.2) is 5.96 Å². The monoisotopic (exact) mass is 469 g/mol. The zero-order valence-corrected chi connectivity index (χ0v) is 18.4. The van der Waals surface area contributed by atoms with Crippen molar-refractivity contribution in [2.75, 3.05) is 13.7 Å². The van der Waals surface area contributed by atoms with Crippen LogP contribution in [0.4, 0.5) is 0 Å². The quantitative estimate of drug-likeness (QED) is 0.403. The van der Waals surface area contributed by atoms with Crippen LogP contribution >= 0.6 is 24.0 Å². The van der Waals surface area contributed by atoms with Crippen molar-refractivity contribution in [3.63, 3.8) is 0 Å². The van der Waals surface area contributed by atoms with Gasteiger partial charge in [0.25, 0.3) is 0 Å². The van der Waals surface area contributed by atoms with Gasteiger partial charge in [0.05, 0.1) is 6.10 Å². The van der Waals surface area contributed by atoms with Gasteiger partial charge in [-0.25, -0.2) is 0 Å². The number of nitrogens with zero attached hydrogens (tertiary/aromatic N) is 1. The molecule has 26 heavy (non-hydrogen) atoms. The molecule has 2 aliphatic carbocycles. The molecule has 0 aromatic heterocycles. The Hall–Kier alpha value is -0.820. The van der Waals surface area contributed by atoms with E-state index in [9.17, 15) is 0 Å². The molecule has 2 saturated carbocycles. The van der Waals surface area contributed by atoms with Crippen molar-refractivity contribution in [1.82, 2.24) is 10.6 Å². The summed E-state index contributed by atoms with van der Waals surface area (Å²) in [5.41, 5.74) is 1.61. The molecule has 1 aliphatic heterocycles. The van der Waals surface area contributed by atoms with Crippen LogP contribution in [0.5, 0.6) is 0 Å². The molecule has 5 unspecified atom stereocenters. The second-order valence-electron chi connectivity index (χ2n) is 8.55. The van der Waals surface area contributed by atoms with Gasteiger partial charge in [-0.1, -0.05) is 44.2 Å². The van der Waals surface area contributed by atoms with Crippen LogP contribution in [-0.2, 0) is 11.2 Å². The average Bonchev–Trinajstić information content (AvgIpc) is 3.36. The predicted molar refractivity (Wildman–Crippen MR) is 117 cm³/mol. The zero-order chi connectivity index (χ0) is 17.4. The predicted octanol–water partition coefficient (Wildman–Crippen LogP) is 3.60. The molecule has 5 atom stereocenters. The topological polar surface area (TPSA) is 45.7 Å². The van der Waals surface area contributed by atoms with Crippen molar-refractivity contribution < 1.29 is 4.74 Å². The van der Waals surface area contributed by atoms with Crippen LogP contribution in [0.3, 0.4) is 0 Å². The van der Waals surface area contributed by atoms with Gasteiger partial charge in [0.2, 0.25) is 0 Å². The van der Waals surface area contributed by atoms with E-state index in [2.05, 4.69) is 59.8 Å². The van der Waals surface area contributed by atoms with E-state index in [4.69, 9.17) is 4.74 Å². The fraction of sp³-hybridized carbons (Fsp3) is 0.667. The first-order chi connectivity index (χ1) is 12.1. The molecule has 0 bridgehead atoms. The SMILES string of the molecule is CN=C(NC1CC1Cc1ccccc1)NC1C2CCCOC2C1(C)C.I. The Balaban J connectivity index is 0.00000196. The second kappa shape index (κ2) is 8.05. The van der Waals surface area contributed by atoms with Crippen molar-refractivity contribution in [2.45, 2.75) is 57.7 Å². The summed E-state index contributed by atoms with van der Waals surface area (Å²) in [5, 5.41) is 7.35. The third kappa shape index (κ3) is 3.88. The third-order valence-electron chi connectivity index (χ3n) is 6.43. The van der Waals surface area contributed by atoms with E-state index in [0.29, 0.717) is 24.1 Å². The maximum absolute atomic E-state index is 6.01. The molecule has 1 aromatic carbocycles. The maximum atomic E-state index is 6.01. The van der Waals surface area contributed by atoms with Crippen LogP contribution in [0, 0.1) is 17.3 Å². The van der Waals surface area contributed by atoms with Gasteiger partial charge < -0.3 is 15.4 Å². The van der Waals surface area contributed by atoms with Gasteiger partial charge in [-0.3, -0.25) is 4.99 Å². The molecule has 4 rings (SSSR count). The fourth-order valence-electron chi connectivity index (χ4n) is 4.88. The standard InChI is InChI=1S/C21H31N3O.HI/c1-21(2)18(16-10-7-11-25-19(16)21)24-20(22-3)23-17-13-15(17)12-14-8-5-4-6-9-14;/h4-6,8-9,15-19H,7,10-13H2,1-3H3,(H2,22,23,24);1H. The number of benzene rings is 1. The van der Waals surface area contributed by atoms with Crippen LogP contribution in [0.25, 0.3) is 0 Å². The molecule has 5 heteroatoms. The number of halogens is 1. The molecule has 3 fully saturated rings. The molecule has 1 aromatic rings. The minimum absolute atomic E-state index is 0. The van der Waals surface area contributed by atoms with Crippen molar-refractivity contribution in [1.29, 1.82) is 0 Å². The van der Waals surface area contributed by atoms with E-state index in [0.717, 1.165) is 24.9 Å². The Morgan fingerprint density at radius 2 is 2.00 bits per heavy atom. The normalized spacial score (nSPS) is 34.7. The molecule has 1 saturated heterocycles. The van der Waals surface area contributed by atoms with E-state index >= 15 is 0 Å². The number of aliphatic imine (C=N–C) groups is 1. The number of ether oxygens (including phenoxy) is 1.